The van der Waals surface area contributed by atoms with Crippen LogP contribution in [0.4, 0.5) is 8.78 Å². The van der Waals surface area contributed by atoms with Gasteiger partial charge in [-0.05, 0) is 17.2 Å². The second kappa shape index (κ2) is 8.45. The van der Waals surface area contributed by atoms with Crippen LogP contribution in [0.15, 0.2) is 42.5 Å². The van der Waals surface area contributed by atoms with Crippen LogP contribution < -0.4 is 5.32 Å². The van der Waals surface area contributed by atoms with Crippen LogP contribution in [0.25, 0.3) is 11.1 Å². The van der Waals surface area contributed by atoms with E-state index in [9.17, 15) is 23.2 Å². The summed E-state index contributed by atoms with van der Waals surface area (Å²) in [7, 11) is 1.67. The fraction of sp³-hybridized carbons (Fsp3) is 0.348. The van der Waals surface area contributed by atoms with Crippen molar-refractivity contribution < 1.29 is 23.2 Å². The predicted molar refractivity (Wildman–Crippen MR) is 110 cm³/mol. The summed E-state index contributed by atoms with van der Waals surface area (Å²) in [4.78, 5) is 40.5. The van der Waals surface area contributed by atoms with E-state index in [-0.39, 0.29) is 29.7 Å². The van der Waals surface area contributed by atoms with E-state index < -0.39 is 23.6 Å². The highest BCUT2D eigenvalue weighted by Crippen LogP contribution is 2.26. The molecule has 4 rings (SSSR count). The maximum atomic E-state index is 14.1. The van der Waals surface area contributed by atoms with Gasteiger partial charge in [-0.15, -0.1) is 0 Å². The van der Waals surface area contributed by atoms with E-state index in [4.69, 9.17) is 0 Å². The maximum Gasteiger partial charge on any atom is 0.243 e. The number of carbonyl (C=O) groups excluding carboxylic acids is 3. The first kappa shape index (κ1) is 21.0. The Bertz CT molecular complexity index is 1030. The smallest absolute Gasteiger partial charge is 0.243 e. The van der Waals surface area contributed by atoms with Gasteiger partial charge in [0.25, 0.3) is 0 Å². The zero-order chi connectivity index (χ0) is 22.1. The number of hydrogen-bond acceptors (Lipinski definition) is 3. The monoisotopic (exact) mass is 427 g/mol. The summed E-state index contributed by atoms with van der Waals surface area (Å²) in [5.41, 5.74) is 1.48. The average Bonchev–Trinajstić information content (AvgIpc) is 3.10. The summed E-state index contributed by atoms with van der Waals surface area (Å²) >= 11 is 0. The molecule has 2 aliphatic heterocycles. The molecule has 2 aliphatic rings. The van der Waals surface area contributed by atoms with Crippen LogP contribution in [0.1, 0.15) is 12.0 Å². The van der Waals surface area contributed by atoms with Gasteiger partial charge in [-0.2, -0.15) is 0 Å². The van der Waals surface area contributed by atoms with Gasteiger partial charge >= 0.3 is 0 Å². The molecule has 2 aromatic rings. The number of nitrogens with one attached hydrogen (secondary N) is 1. The number of piperazine rings is 1. The lowest BCUT2D eigenvalue weighted by atomic mass is 9.97. The molecule has 1 N–H and O–H groups in total. The second-order valence-electron chi connectivity index (χ2n) is 8.02. The first-order valence-corrected chi connectivity index (χ1v) is 10.2. The molecule has 0 aliphatic carbocycles. The van der Waals surface area contributed by atoms with Crippen LogP contribution in [0.2, 0.25) is 0 Å². The molecular formula is C23H23F2N3O3. The number of carbonyl (C=O) groups is 3. The molecule has 162 valence electrons. The van der Waals surface area contributed by atoms with E-state index in [1.54, 1.807) is 36.2 Å². The summed E-state index contributed by atoms with van der Waals surface area (Å²) < 4.78 is 27.6. The van der Waals surface area contributed by atoms with Gasteiger partial charge in [0.05, 0.1) is 5.92 Å². The van der Waals surface area contributed by atoms with Crippen molar-refractivity contribution in [1.29, 1.82) is 0 Å². The van der Waals surface area contributed by atoms with E-state index >= 15 is 0 Å². The summed E-state index contributed by atoms with van der Waals surface area (Å²) in [5, 5.41) is 2.79. The summed E-state index contributed by atoms with van der Waals surface area (Å²) in [6.07, 6.45) is 0.452. The van der Waals surface area contributed by atoms with Crippen molar-refractivity contribution in [3.63, 3.8) is 0 Å². The molecule has 0 unspecified atom stereocenters. The molecule has 0 spiro atoms. The molecule has 0 saturated carbocycles. The standard InChI is InChI=1S/C23H23F2N3O3/c1-27-13-16(12-20(27)29)23(31)28-10-9-26-22(30)19(28)11-14-5-7-15(8-6-14)17-3-2-4-18(24)21(17)25/h2-8,16,19H,9-13H2,1H3,(H,26,30)/t16-,19+/m1/s1. The first-order valence-electron chi connectivity index (χ1n) is 10.2. The Labute approximate surface area is 178 Å². The molecule has 6 nitrogen and oxygen atoms in total. The third-order valence-electron chi connectivity index (χ3n) is 5.95. The van der Waals surface area contributed by atoms with Crippen LogP contribution in [0, 0.1) is 17.6 Å². The largest absolute Gasteiger partial charge is 0.353 e. The maximum absolute atomic E-state index is 14.1. The Hall–Kier alpha value is -3.29. The van der Waals surface area contributed by atoms with Gasteiger partial charge in [-0.25, -0.2) is 8.78 Å². The molecule has 2 atom stereocenters. The Kier molecular flexibility index (Phi) is 5.71. The van der Waals surface area contributed by atoms with Crippen LogP contribution in [0.3, 0.4) is 0 Å². The van der Waals surface area contributed by atoms with Crippen molar-refractivity contribution in [3.05, 3.63) is 59.7 Å². The number of benzene rings is 2. The van der Waals surface area contributed by atoms with Gasteiger partial charge in [0.2, 0.25) is 17.7 Å². The number of nitrogens with zero attached hydrogens (tertiary/aromatic N) is 2. The molecule has 0 aromatic heterocycles. The summed E-state index contributed by atoms with van der Waals surface area (Å²) in [6.45, 7) is 1.11. The van der Waals surface area contributed by atoms with Crippen molar-refractivity contribution >= 4 is 17.7 Å². The zero-order valence-corrected chi connectivity index (χ0v) is 17.1. The van der Waals surface area contributed by atoms with Gasteiger partial charge in [-0.3, -0.25) is 14.4 Å². The zero-order valence-electron chi connectivity index (χ0n) is 17.1. The number of halogens is 2. The van der Waals surface area contributed by atoms with Gasteiger partial charge in [0, 0.05) is 45.1 Å². The van der Waals surface area contributed by atoms with E-state index in [1.165, 1.54) is 17.0 Å². The van der Waals surface area contributed by atoms with Crippen molar-refractivity contribution in [2.75, 3.05) is 26.7 Å². The normalized spacial score (nSPS) is 21.4. The van der Waals surface area contributed by atoms with E-state index in [0.29, 0.717) is 31.6 Å². The van der Waals surface area contributed by atoms with Crippen molar-refractivity contribution in [2.24, 2.45) is 5.92 Å². The second-order valence-corrected chi connectivity index (χ2v) is 8.02. The molecule has 0 radical (unpaired) electrons. The molecule has 31 heavy (non-hydrogen) atoms. The SMILES string of the molecule is CN1C[C@H](C(=O)N2CCNC(=O)[C@@H]2Cc2ccc(-c3cccc(F)c3F)cc2)CC1=O. The minimum atomic E-state index is -0.911. The highest BCUT2D eigenvalue weighted by molar-refractivity contribution is 5.93. The van der Waals surface area contributed by atoms with Crippen molar-refractivity contribution in [2.45, 2.75) is 18.9 Å². The fourth-order valence-corrected chi connectivity index (χ4v) is 4.22. The van der Waals surface area contributed by atoms with Crippen LogP contribution in [0.5, 0.6) is 0 Å². The van der Waals surface area contributed by atoms with Crippen molar-refractivity contribution in [3.8, 4) is 11.1 Å². The minimum Gasteiger partial charge on any atom is -0.353 e. The van der Waals surface area contributed by atoms with Gasteiger partial charge in [0.15, 0.2) is 11.6 Å². The first-order chi connectivity index (χ1) is 14.8. The van der Waals surface area contributed by atoms with Gasteiger partial charge < -0.3 is 15.1 Å². The van der Waals surface area contributed by atoms with E-state index in [0.717, 1.165) is 11.6 Å². The molecule has 2 heterocycles. The molecule has 2 aromatic carbocycles. The predicted octanol–water partition coefficient (Wildman–Crippen LogP) is 1.98. The van der Waals surface area contributed by atoms with Crippen LogP contribution >= 0.6 is 0 Å². The van der Waals surface area contributed by atoms with Gasteiger partial charge in [-0.1, -0.05) is 36.4 Å². The quantitative estimate of drug-likeness (QED) is 0.811. The summed E-state index contributed by atoms with van der Waals surface area (Å²) in [6, 6.07) is 10.2. The van der Waals surface area contributed by atoms with E-state index in [2.05, 4.69) is 5.32 Å². The molecule has 3 amide bonds. The number of amides is 3. The highest BCUT2D eigenvalue weighted by atomic mass is 19.2. The lowest BCUT2D eigenvalue weighted by molar-refractivity contribution is -0.146. The number of hydrogen-bond donors (Lipinski definition) is 1. The van der Waals surface area contributed by atoms with Crippen molar-refractivity contribution in [1.82, 2.24) is 15.1 Å². The third-order valence-corrected chi connectivity index (χ3v) is 5.95. The van der Waals surface area contributed by atoms with Crippen LogP contribution in [-0.4, -0.2) is 60.2 Å². The summed E-state index contributed by atoms with van der Waals surface area (Å²) in [5.74, 6) is -2.75. The Morgan fingerprint density at radius 3 is 2.55 bits per heavy atom. The fourth-order valence-electron chi connectivity index (χ4n) is 4.22. The molecule has 0 bridgehead atoms. The average molecular weight is 427 g/mol. The van der Waals surface area contributed by atoms with E-state index in [1.807, 2.05) is 0 Å². The van der Waals surface area contributed by atoms with Crippen LogP contribution in [-0.2, 0) is 20.8 Å². The highest BCUT2D eigenvalue weighted by Gasteiger charge is 2.40. The lowest BCUT2D eigenvalue weighted by Gasteiger charge is -2.36. The third kappa shape index (κ3) is 4.15. The molecule has 8 heteroatoms. The molecular weight excluding hydrogens is 404 g/mol. The van der Waals surface area contributed by atoms with Gasteiger partial charge in [0.1, 0.15) is 6.04 Å². The number of rotatable bonds is 4. The Morgan fingerprint density at radius 2 is 1.87 bits per heavy atom. The Morgan fingerprint density at radius 1 is 1.13 bits per heavy atom. The Balaban J connectivity index is 1.52. The topological polar surface area (TPSA) is 69.7 Å². The number of likely N-dealkylation sites (tertiary alicyclic amines) is 1. The molecule has 2 fully saturated rings. The minimum absolute atomic E-state index is 0.0727. The lowest BCUT2D eigenvalue weighted by Crippen LogP contribution is -2.59. The molecule has 2 saturated heterocycles.